The van der Waals surface area contributed by atoms with Gasteiger partial charge in [-0.15, -0.1) is 0 Å². The first kappa shape index (κ1) is 27.9. The largest absolute Gasteiger partial charge is 0.416 e. The number of amides is 1. The number of hydrogen-bond acceptors (Lipinski definition) is 4. The zero-order valence-corrected chi connectivity index (χ0v) is 20.9. The van der Waals surface area contributed by atoms with Gasteiger partial charge >= 0.3 is 6.18 Å². The molecule has 1 amide bonds. The Morgan fingerprint density at radius 2 is 1.74 bits per heavy atom. The molecule has 0 aromatic heterocycles. The monoisotopic (exact) mass is 498 g/mol. The molecule has 2 rings (SSSR count). The van der Waals surface area contributed by atoms with Crippen molar-refractivity contribution in [1.82, 2.24) is 10.6 Å². The van der Waals surface area contributed by atoms with Crippen molar-refractivity contribution in [3.63, 3.8) is 0 Å². The Morgan fingerprint density at radius 1 is 1.03 bits per heavy atom. The number of carbonyl (C=O) groups is 1. The SMILES string of the molecule is CC[C@H](C)CCNCc1ccc(C(=O)NCc2cc(C)ccc2S(=O)(=O)CC)cc1C(F)(F)F. The van der Waals surface area contributed by atoms with Crippen LogP contribution in [0.4, 0.5) is 13.2 Å². The van der Waals surface area contributed by atoms with Crippen LogP contribution in [-0.2, 0) is 29.1 Å². The van der Waals surface area contributed by atoms with Crippen LogP contribution in [0.1, 0.15) is 66.2 Å². The number of sulfone groups is 1. The van der Waals surface area contributed by atoms with Gasteiger partial charge in [-0.3, -0.25) is 4.79 Å². The summed E-state index contributed by atoms with van der Waals surface area (Å²) in [4.78, 5) is 12.8. The molecule has 0 radical (unpaired) electrons. The van der Waals surface area contributed by atoms with E-state index in [-0.39, 0.29) is 34.9 Å². The maximum atomic E-state index is 13.7. The summed E-state index contributed by atoms with van der Waals surface area (Å²) in [5, 5.41) is 5.61. The molecule has 2 N–H and O–H groups in total. The van der Waals surface area contributed by atoms with E-state index < -0.39 is 27.5 Å². The molecule has 0 aliphatic heterocycles. The maximum absolute atomic E-state index is 13.7. The van der Waals surface area contributed by atoms with Gasteiger partial charge in [0.2, 0.25) is 0 Å². The first-order valence-electron chi connectivity index (χ1n) is 11.4. The van der Waals surface area contributed by atoms with E-state index in [9.17, 15) is 26.4 Å². The van der Waals surface area contributed by atoms with Crippen molar-refractivity contribution in [2.45, 2.75) is 64.7 Å². The van der Waals surface area contributed by atoms with Crippen LogP contribution in [0.25, 0.3) is 0 Å². The molecule has 2 aromatic rings. The second kappa shape index (κ2) is 11.8. The van der Waals surface area contributed by atoms with Crippen LogP contribution in [-0.4, -0.2) is 26.6 Å². The third-order valence-corrected chi connectivity index (χ3v) is 7.70. The number of rotatable bonds is 11. The van der Waals surface area contributed by atoms with Crippen molar-refractivity contribution in [3.8, 4) is 0 Å². The molecule has 9 heteroatoms. The van der Waals surface area contributed by atoms with Crippen molar-refractivity contribution >= 4 is 15.7 Å². The van der Waals surface area contributed by atoms with Crippen molar-refractivity contribution < 1.29 is 26.4 Å². The summed E-state index contributed by atoms with van der Waals surface area (Å²) in [6.07, 6.45) is -2.73. The molecule has 0 fully saturated rings. The first-order chi connectivity index (χ1) is 15.9. The van der Waals surface area contributed by atoms with E-state index in [0.717, 1.165) is 24.5 Å². The fourth-order valence-electron chi connectivity index (χ4n) is 3.49. The summed E-state index contributed by atoms with van der Waals surface area (Å²) in [6, 6.07) is 8.32. The molecule has 0 bridgehead atoms. The van der Waals surface area contributed by atoms with Gasteiger partial charge in [0.05, 0.1) is 16.2 Å². The minimum Gasteiger partial charge on any atom is -0.348 e. The molecule has 0 spiro atoms. The minimum absolute atomic E-state index is 0.0503. The predicted octanol–water partition coefficient (Wildman–Crippen LogP) is 5.26. The first-order valence-corrected chi connectivity index (χ1v) is 13.1. The van der Waals surface area contributed by atoms with Gasteiger partial charge in [0.15, 0.2) is 9.84 Å². The molecule has 0 aliphatic rings. The number of nitrogens with one attached hydrogen (secondary N) is 2. The fraction of sp³-hybridized carbons (Fsp3) is 0.480. The maximum Gasteiger partial charge on any atom is 0.416 e. The molecule has 0 unspecified atom stereocenters. The summed E-state index contributed by atoms with van der Waals surface area (Å²) >= 11 is 0. The van der Waals surface area contributed by atoms with Gasteiger partial charge in [-0.2, -0.15) is 13.2 Å². The summed E-state index contributed by atoms with van der Waals surface area (Å²) in [7, 11) is -3.52. The number of carbonyl (C=O) groups excluding carboxylic acids is 1. The lowest BCUT2D eigenvalue weighted by Gasteiger charge is -2.16. The third-order valence-electron chi connectivity index (χ3n) is 5.87. The second-order valence-corrected chi connectivity index (χ2v) is 10.8. The number of halogens is 3. The lowest BCUT2D eigenvalue weighted by atomic mass is 10.0. The van der Waals surface area contributed by atoms with Gasteiger partial charge in [-0.1, -0.05) is 51.0 Å². The van der Waals surface area contributed by atoms with Gasteiger partial charge < -0.3 is 10.6 Å². The van der Waals surface area contributed by atoms with Crippen LogP contribution < -0.4 is 10.6 Å². The van der Waals surface area contributed by atoms with Crippen molar-refractivity contribution in [1.29, 1.82) is 0 Å². The van der Waals surface area contributed by atoms with E-state index in [1.165, 1.54) is 25.1 Å². The number of hydrogen-bond donors (Lipinski definition) is 2. The van der Waals surface area contributed by atoms with Crippen molar-refractivity contribution in [2.75, 3.05) is 12.3 Å². The highest BCUT2D eigenvalue weighted by molar-refractivity contribution is 7.91. The minimum atomic E-state index is -4.61. The third kappa shape index (κ3) is 7.56. The molecule has 34 heavy (non-hydrogen) atoms. The van der Waals surface area contributed by atoms with Crippen LogP contribution in [0.5, 0.6) is 0 Å². The highest BCUT2D eigenvalue weighted by Gasteiger charge is 2.34. The highest BCUT2D eigenvalue weighted by atomic mass is 32.2. The number of aryl methyl sites for hydroxylation is 1. The molecule has 5 nitrogen and oxygen atoms in total. The fourth-order valence-corrected chi connectivity index (χ4v) is 4.61. The van der Waals surface area contributed by atoms with Gasteiger partial charge in [0, 0.05) is 18.7 Å². The highest BCUT2D eigenvalue weighted by Crippen LogP contribution is 2.33. The molecule has 0 saturated carbocycles. The Labute approximate surface area is 200 Å². The topological polar surface area (TPSA) is 75.3 Å². The molecule has 0 saturated heterocycles. The molecule has 0 aliphatic carbocycles. The van der Waals surface area contributed by atoms with Crippen LogP contribution in [0.15, 0.2) is 41.3 Å². The molecule has 2 aromatic carbocycles. The lowest BCUT2D eigenvalue weighted by Crippen LogP contribution is -2.25. The van der Waals surface area contributed by atoms with Gasteiger partial charge in [-0.25, -0.2) is 8.42 Å². The van der Waals surface area contributed by atoms with Crippen LogP contribution in [0.3, 0.4) is 0 Å². The van der Waals surface area contributed by atoms with Crippen molar-refractivity contribution in [2.24, 2.45) is 5.92 Å². The van der Waals surface area contributed by atoms with E-state index in [2.05, 4.69) is 24.5 Å². The van der Waals surface area contributed by atoms with E-state index >= 15 is 0 Å². The van der Waals surface area contributed by atoms with E-state index in [0.29, 0.717) is 18.0 Å². The van der Waals surface area contributed by atoms with E-state index in [1.54, 1.807) is 19.1 Å². The summed E-state index contributed by atoms with van der Waals surface area (Å²) in [5.41, 5.74) is 0.282. The smallest absolute Gasteiger partial charge is 0.348 e. The normalized spacial score (nSPS) is 13.0. The summed E-state index contributed by atoms with van der Waals surface area (Å²) in [5.74, 6) is -0.316. The Hall–Kier alpha value is -2.39. The lowest BCUT2D eigenvalue weighted by molar-refractivity contribution is -0.138. The quantitative estimate of drug-likeness (QED) is 0.414. The summed E-state index contributed by atoms with van der Waals surface area (Å²) < 4.78 is 65.7. The zero-order valence-electron chi connectivity index (χ0n) is 20.1. The average molecular weight is 499 g/mol. The van der Waals surface area contributed by atoms with Gasteiger partial charge in [0.25, 0.3) is 5.91 Å². The van der Waals surface area contributed by atoms with Gasteiger partial charge in [0.1, 0.15) is 0 Å². The summed E-state index contributed by atoms with van der Waals surface area (Å²) in [6.45, 7) is 8.01. The second-order valence-electron chi connectivity index (χ2n) is 8.55. The van der Waals surface area contributed by atoms with Crippen LogP contribution in [0.2, 0.25) is 0 Å². The average Bonchev–Trinajstić information content (AvgIpc) is 2.79. The van der Waals surface area contributed by atoms with Gasteiger partial charge in [-0.05, 0) is 55.1 Å². The number of benzene rings is 2. The Balaban J connectivity index is 2.19. The zero-order chi connectivity index (χ0) is 25.5. The predicted molar refractivity (Wildman–Crippen MR) is 127 cm³/mol. The molecular formula is C25H33F3N2O3S. The molecule has 188 valence electrons. The molecule has 0 heterocycles. The van der Waals surface area contributed by atoms with Crippen LogP contribution >= 0.6 is 0 Å². The Morgan fingerprint density at radius 3 is 2.35 bits per heavy atom. The Kier molecular flexibility index (Phi) is 9.70. The standard InChI is InChI=1S/C25H33F3N2O3S/c1-5-17(3)11-12-29-15-20-9-8-19(14-22(20)25(26,27)28)24(31)30-16-21-13-18(4)7-10-23(21)34(32,33)6-2/h7-10,13-14,17,29H,5-6,11-12,15-16H2,1-4H3,(H,30,31)/t17-/m0/s1. The molecule has 1 atom stereocenters. The van der Waals surface area contributed by atoms with Crippen LogP contribution in [0, 0.1) is 12.8 Å². The van der Waals surface area contributed by atoms with Crippen molar-refractivity contribution in [3.05, 3.63) is 64.2 Å². The molecular weight excluding hydrogens is 465 g/mol. The number of alkyl halides is 3. The van der Waals surface area contributed by atoms with E-state index in [4.69, 9.17) is 0 Å². The van der Waals surface area contributed by atoms with E-state index in [1.807, 2.05) is 0 Å². The Bertz CT molecular complexity index is 1100.